The Morgan fingerprint density at radius 3 is 1.12 bits per heavy atom. The zero-order valence-corrected chi connectivity index (χ0v) is 23.7. The highest BCUT2D eigenvalue weighted by Crippen LogP contribution is 2.40. The van der Waals surface area contributed by atoms with E-state index in [1.807, 2.05) is 0 Å². The Kier molecular flexibility index (Phi) is 8.04. The number of hydrogen-bond donors (Lipinski definition) is 0. The average Bonchev–Trinajstić information content (AvgIpc) is 3.57. The third-order valence-electron chi connectivity index (χ3n) is 7.04. The Bertz CT molecular complexity index is 2360. The highest BCUT2D eigenvalue weighted by Gasteiger charge is 2.46. The lowest BCUT2D eigenvalue weighted by molar-refractivity contribution is -0.145. The molecule has 0 aliphatic carbocycles. The van der Waals surface area contributed by atoms with Gasteiger partial charge in [0.2, 0.25) is 11.6 Å². The van der Waals surface area contributed by atoms with Gasteiger partial charge in [-0.15, -0.1) is 0 Å². The van der Waals surface area contributed by atoms with Crippen molar-refractivity contribution in [2.45, 2.75) is 24.7 Å². The minimum absolute atomic E-state index is 0.297. The van der Waals surface area contributed by atoms with Crippen LogP contribution in [0.15, 0.2) is 48.5 Å². The van der Waals surface area contributed by atoms with Gasteiger partial charge < -0.3 is 0 Å². The SMILES string of the molecule is N#C/C(c1cccc(C(F)(F)F)c1)=c1/nc(C#N)n2c(C(F)(F)F)c3/c(=C(\C#N)c4cccc(C(F)(F)F)c4)nc(C#N)n3c(C(F)(F)F)c12. The zero-order valence-electron chi connectivity index (χ0n) is 23.7. The van der Waals surface area contributed by atoms with Crippen molar-refractivity contribution in [3.63, 3.8) is 0 Å². The monoisotopic (exact) mass is 708 g/mol. The number of halogens is 12. The van der Waals surface area contributed by atoms with E-state index in [9.17, 15) is 47.4 Å². The van der Waals surface area contributed by atoms with Crippen LogP contribution in [0, 0.1) is 45.3 Å². The highest BCUT2D eigenvalue weighted by molar-refractivity contribution is 5.84. The first-order valence-electron chi connectivity index (χ1n) is 13.0. The van der Waals surface area contributed by atoms with Gasteiger partial charge >= 0.3 is 24.7 Å². The van der Waals surface area contributed by atoms with E-state index in [0.29, 0.717) is 24.3 Å². The maximum absolute atomic E-state index is 15.1. The van der Waals surface area contributed by atoms with Crippen molar-refractivity contribution in [3.05, 3.63) is 105 Å². The molecule has 0 saturated heterocycles. The second-order valence-electron chi connectivity index (χ2n) is 9.98. The van der Waals surface area contributed by atoms with Crippen molar-refractivity contribution < 1.29 is 52.7 Å². The van der Waals surface area contributed by atoms with E-state index < -0.39 is 112 Å². The first-order valence-corrected chi connectivity index (χ1v) is 13.0. The van der Waals surface area contributed by atoms with E-state index >= 15 is 26.3 Å². The Hall–Kier alpha value is -6.54. The number of alkyl halides is 12. The average molecular weight is 708 g/mol. The smallest absolute Gasteiger partial charge is 0.275 e. The van der Waals surface area contributed by atoms with Crippen molar-refractivity contribution in [1.82, 2.24) is 18.8 Å². The summed E-state index contributed by atoms with van der Waals surface area (Å²) in [6, 6.07) is 9.65. The summed E-state index contributed by atoms with van der Waals surface area (Å²) in [5.41, 5.74) is -14.6. The topological polar surface area (TPSA) is 130 Å². The summed E-state index contributed by atoms with van der Waals surface area (Å²) in [5.74, 6) is -2.98. The molecule has 8 nitrogen and oxygen atoms in total. The first-order chi connectivity index (χ1) is 23.2. The number of rotatable bonds is 2. The molecule has 0 aliphatic rings. The van der Waals surface area contributed by atoms with Gasteiger partial charge in [0.1, 0.15) is 46.0 Å². The summed E-state index contributed by atoms with van der Waals surface area (Å²) in [6.07, 6.45) is -21.8. The minimum atomic E-state index is -5.84. The van der Waals surface area contributed by atoms with Gasteiger partial charge in [0.25, 0.3) is 0 Å². The molecule has 50 heavy (non-hydrogen) atoms. The van der Waals surface area contributed by atoms with Gasteiger partial charge in [-0.1, -0.05) is 24.3 Å². The van der Waals surface area contributed by atoms with E-state index in [0.717, 1.165) is 36.4 Å². The second-order valence-corrected chi connectivity index (χ2v) is 9.98. The molecule has 0 radical (unpaired) electrons. The molecule has 0 atom stereocenters. The van der Waals surface area contributed by atoms with Crippen LogP contribution in [-0.4, -0.2) is 18.8 Å². The second kappa shape index (κ2) is 11.6. The summed E-state index contributed by atoms with van der Waals surface area (Å²) < 4.78 is 170. The Balaban J connectivity index is 2.20. The van der Waals surface area contributed by atoms with Gasteiger partial charge in [0, 0.05) is 0 Å². The van der Waals surface area contributed by atoms with Crippen molar-refractivity contribution in [3.8, 4) is 24.3 Å². The van der Waals surface area contributed by atoms with Gasteiger partial charge in [0.15, 0.2) is 11.4 Å². The molecule has 0 N–H and O–H groups in total. The van der Waals surface area contributed by atoms with Crippen molar-refractivity contribution in [1.29, 1.82) is 21.0 Å². The highest BCUT2D eigenvalue weighted by atomic mass is 19.4. The van der Waals surface area contributed by atoms with Crippen LogP contribution in [0.25, 0.3) is 22.2 Å². The van der Waals surface area contributed by atoms with E-state index in [2.05, 4.69) is 9.97 Å². The van der Waals surface area contributed by atoms with Crippen LogP contribution in [0.2, 0.25) is 0 Å². The number of benzene rings is 2. The molecule has 5 rings (SSSR count). The molecular weight excluding hydrogens is 700 g/mol. The largest absolute Gasteiger partial charge is 0.434 e. The quantitative estimate of drug-likeness (QED) is 0.200. The lowest BCUT2D eigenvalue weighted by atomic mass is 10.0. The molecule has 0 fully saturated rings. The Labute approximate surface area is 268 Å². The summed E-state index contributed by atoms with van der Waals surface area (Å²) >= 11 is 0. The standard InChI is InChI=1S/C30H8F12N8/c31-27(32,33)15-5-1-3-13(7-15)17(9-43)21-23-25(29(37,38)39)50-20(12-46)48-22(18(10-44)14-4-2-6-16(8-14)28(34,35)36)24(50)26(30(40,41)42)49(23)19(11-45)47-21/h1-8H/b21-17-,22-18-. The summed E-state index contributed by atoms with van der Waals surface area (Å²) in [5, 5.41) is 36.7. The van der Waals surface area contributed by atoms with Gasteiger partial charge in [-0.2, -0.15) is 73.7 Å². The van der Waals surface area contributed by atoms with E-state index in [-0.39, 0.29) is 0 Å². The first kappa shape index (κ1) is 34.8. The van der Waals surface area contributed by atoms with Crippen LogP contribution < -0.4 is 10.7 Å². The Morgan fingerprint density at radius 2 is 0.860 bits per heavy atom. The fourth-order valence-corrected chi connectivity index (χ4v) is 5.16. The zero-order chi connectivity index (χ0) is 37.1. The molecule has 20 heteroatoms. The van der Waals surface area contributed by atoms with Crippen LogP contribution in [0.1, 0.15) is 45.3 Å². The molecule has 3 heterocycles. The third-order valence-corrected chi connectivity index (χ3v) is 7.04. The van der Waals surface area contributed by atoms with Crippen LogP contribution in [0.5, 0.6) is 0 Å². The molecule has 2 aromatic carbocycles. The third kappa shape index (κ3) is 5.66. The normalized spacial score (nSPS) is 13.8. The summed E-state index contributed by atoms with van der Waals surface area (Å²) in [7, 11) is 0. The summed E-state index contributed by atoms with van der Waals surface area (Å²) in [4.78, 5) is 6.99. The van der Waals surface area contributed by atoms with Crippen molar-refractivity contribution >= 4 is 22.2 Å². The van der Waals surface area contributed by atoms with Crippen LogP contribution in [0.3, 0.4) is 0 Å². The maximum Gasteiger partial charge on any atom is 0.434 e. The maximum atomic E-state index is 15.1. The fourth-order valence-electron chi connectivity index (χ4n) is 5.16. The van der Waals surface area contributed by atoms with Gasteiger partial charge in [-0.05, 0) is 35.4 Å². The van der Waals surface area contributed by atoms with Crippen molar-refractivity contribution in [2.24, 2.45) is 0 Å². The number of nitrogens with zero attached hydrogens (tertiary/aromatic N) is 8. The molecule has 5 aromatic rings. The number of nitriles is 4. The van der Waals surface area contributed by atoms with Crippen LogP contribution in [-0.2, 0) is 24.7 Å². The molecule has 0 unspecified atom stereocenters. The fraction of sp³-hybridized carbons (Fsp3) is 0.133. The minimum Gasteiger partial charge on any atom is -0.275 e. The molecule has 0 saturated carbocycles. The van der Waals surface area contributed by atoms with E-state index in [1.165, 1.54) is 12.1 Å². The van der Waals surface area contributed by atoms with Crippen molar-refractivity contribution in [2.75, 3.05) is 0 Å². The predicted molar refractivity (Wildman–Crippen MR) is 142 cm³/mol. The van der Waals surface area contributed by atoms with Gasteiger partial charge in [-0.3, -0.25) is 8.80 Å². The molecule has 252 valence electrons. The summed E-state index contributed by atoms with van der Waals surface area (Å²) in [6.45, 7) is 0. The number of hydrogen-bond acceptors (Lipinski definition) is 6. The van der Waals surface area contributed by atoms with E-state index in [1.54, 1.807) is 0 Å². The number of fused-ring (bicyclic) bond motifs is 2. The van der Waals surface area contributed by atoms with Gasteiger partial charge in [0.05, 0.1) is 22.3 Å². The molecule has 0 spiro atoms. The molecule has 0 amide bonds. The Morgan fingerprint density at radius 1 is 0.520 bits per heavy atom. The lowest BCUT2D eigenvalue weighted by Gasteiger charge is -2.18. The van der Waals surface area contributed by atoms with Gasteiger partial charge in [-0.25, -0.2) is 9.97 Å². The van der Waals surface area contributed by atoms with E-state index in [4.69, 9.17) is 0 Å². The molecule has 0 aliphatic heterocycles. The molecular formula is C30H8F12N8. The number of aromatic nitrogens is 4. The molecule has 3 aromatic heterocycles. The lowest BCUT2D eigenvalue weighted by Crippen LogP contribution is -2.26. The van der Waals surface area contributed by atoms with Crippen LogP contribution in [0.4, 0.5) is 52.7 Å². The van der Waals surface area contributed by atoms with Crippen LogP contribution >= 0.6 is 0 Å². The number of imidazole rings is 2. The molecule has 0 bridgehead atoms. The predicted octanol–water partition coefficient (Wildman–Crippen LogP) is 6.25.